The van der Waals surface area contributed by atoms with Crippen molar-refractivity contribution < 1.29 is 4.74 Å². The van der Waals surface area contributed by atoms with Crippen LogP contribution >= 0.6 is 0 Å². The minimum Gasteiger partial charge on any atom is -0.489 e. The Labute approximate surface area is 114 Å². The zero-order chi connectivity index (χ0) is 12.9. The largest absolute Gasteiger partial charge is 0.489 e. The van der Waals surface area contributed by atoms with Gasteiger partial charge in [0, 0.05) is 0 Å². The minimum absolute atomic E-state index is 0.632. The van der Waals surface area contributed by atoms with Crippen molar-refractivity contribution in [3.05, 3.63) is 65.7 Å². The van der Waals surface area contributed by atoms with Crippen LogP contribution in [0, 0.1) is 5.92 Å². The van der Waals surface area contributed by atoms with Gasteiger partial charge in [0.05, 0.1) is 0 Å². The third kappa shape index (κ3) is 3.36. The molecule has 0 unspecified atom stereocenters. The summed E-state index contributed by atoms with van der Waals surface area (Å²) in [4.78, 5) is 0. The van der Waals surface area contributed by atoms with Crippen LogP contribution in [0.3, 0.4) is 0 Å². The van der Waals surface area contributed by atoms with Crippen LogP contribution in [0.1, 0.15) is 11.1 Å². The zero-order valence-corrected chi connectivity index (χ0v) is 11.0. The van der Waals surface area contributed by atoms with Crippen molar-refractivity contribution in [1.29, 1.82) is 0 Å². The molecule has 98 valence electrons. The SMILES string of the molecule is c1ccc(COc2ccc(CC3CNC3)cc2)cc1. The van der Waals surface area contributed by atoms with Crippen molar-refractivity contribution in [1.82, 2.24) is 5.32 Å². The van der Waals surface area contributed by atoms with Crippen molar-refractivity contribution in [2.45, 2.75) is 13.0 Å². The summed E-state index contributed by atoms with van der Waals surface area (Å²) in [7, 11) is 0. The van der Waals surface area contributed by atoms with Crippen LogP contribution in [-0.4, -0.2) is 13.1 Å². The Kier molecular flexibility index (Phi) is 3.80. The quantitative estimate of drug-likeness (QED) is 0.884. The van der Waals surface area contributed by atoms with Crippen LogP contribution in [0.25, 0.3) is 0 Å². The van der Waals surface area contributed by atoms with Gasteiger partial charge in [0.25, 0.3) is 0 Å². The van der Waals surface area contributed by atoms with Crippen molar-refractivity contribution in [3.63, 3.8) is 0 Å². The van der Waals surface area contributed by atoms with Gasteiger partial charge in [-0.1, -0.05) is 42.5 Å². The lowest BCUT2D eigenvalue weighted by Crippen LogP contribution is -2.43. The molecular weight excluding hydrogens is 234 g/mol. The number of ether oxygens (including phenoxy) is 1. The van der Waals surface area contributed by atoms with Gasteiger partial charge in [-0.3, -0.25) is 0 Å². The Morgan fingerprint density at radius 1 is 0.895 bits per heavy atom. The van der Waals surface area contributed by atoms with Gasteiger partial charge in [-0.15, -0.1) is 0 Å². The van der Waals surface area contributed by atoms with Gasteiger partial charge in [-0.2, -0.15) is 0 Å². The fourth-order valence-corrected chi connectivity index (χ4v) is 2.29. The smallest absolute Gasteiger partial charge is 0.119 e. The molecule has 1 N–H and O–H groups in total. The summed E-state index contributed by atoms with van der Waals surface area (Å²) >= 11 is 0. The van der Waals surface area contributed by atoms with E-state index in [4.69, 9.17) is 4.74 Å². The van der Waals surface area contributed by atoms with Gasteiger partial charge in [0.15, 0.2) is 0 Å². The topological polar surface area (TPSA) is 21.3 Å². The van der Waals surface area contributed by atoms with Crippen LogP contribution in [0.15, 0.2) is 54.6 Å². The fraction of sp³-hybridized carbons (Fsp3) is 0.294. The molecule has 0 spiro atoms. The molecule has 1 aliphatic heterocycles. The molecule has 2 aromatic rings. The first-order valence-electron chi connectivity index (χ1n) is 6.86. The summed E-state index contributed by atoms with van der Waals surface area (Å²) in [5, 5.41) is 3.31. The van der Waals surface area contributed by atoms with E-state index in [2.05, 4.69) is 41.7 Å². The second-order valence-corrected chi connectivity index (χ2v) is 5.15. The summed E-state index contributed by atoms with van der Waals surface area (Å²) in [6, 6.07) is 18.8. The summed E-state index contributed by atoms with van der Waals surface area (Å²) in [5.41, 5.74) is 2.60. The maximum absolute atomic E-state index is 5.78. The molecule has 2 nitrogen and oxygen atoms in total. The molecule has 3 rings (SSSR count). The first kappa shape index (κ1) is 12.2. The zero-order valence-electron chi connectivity index (χ0n) is 11.0. The standard InChI is InChI=1S/C17H19NO/c1-2-4-15(5-3-1)13-19-17-8-6-14(7-9-17)10-16-11-18-12-16/h1-9,16,18H,10-13H2. The highest BCUT2D eigenvalue weighted by molar-refractivity contribution is 5.28. The van der Waals surface area contributed by atoms with Gasteiger partial charge >= 0.3 is 0 Å². The average Bonchev–Trinajstić information content (AvgIpc) is 2.43. The van der Waals surface area contributed by atoms with Gasteiger partial charge in [-0.25, -0.2) is 0 Å². The first-order valence-corrected chi connectivity index (χ1v) is 6.86. The van der Waals surface area contributed by atoms with Crippen molar-refractivity contribution in [3.8, 4) is 5.75 Å². The highest BCUT2D eigenvalue weighted by Crippen LogP contribution is 2.17. The average molecular weight is 253 g/mol. The third-order valence-electron chi connectivity index (χ3n) is 3.56. The first-order chi connectivity index (χ1) is 9.40. The molecule has 1 aliphatic rings. The number of hydrogen-bond donors (Lipinski definition) is 1. The highest BCUT2D eigenvalue weighted by Gasteiger charge is 2.16. The predicted molar refractivity (Wildman–Crippen MR) is 77.3 cm³/mol. The van der Waals surface area contributed by atoms with E-state index in [9.17, 15) is 0 Å². The second-order valence-electron chi connectivity index (χ2n) is 5.15. The van der Waals surface area contributed by atoms with Crippen LogP contribution in [0.5, 0.6) is 5.75 Å². The molecule has 0 bridgehead atoms. The summed E-state index contributed by atoms with van der Waals surface area (Å²) < 4.78 is 5.78. The number of benzene rings is 2. The molecule has 1 heterocycles. The maximum Gasteiger partial charge on any atom is 0.119 e. The Morgan fingerprint density at radius 2 is 1.63 bits per heavy atom. The molecule has 2 aromatic carbocycles. The Balaban J connectivity index is 1.53. The second kappa shape index (κ2) is 5.89. The Hall–Kier alpha value is -1.80. The summed E-state index contributed by atoms with van der Waals surface area (Å²) in [6.07, 6.45) is 1.17. The normalized spacial score (nSPS) is 14.9. The minimum atomic E-state index is 0.632. The van der Waals surface area contributed by atoms with E-state index in [0.29, 0.717) is 6.61 Å². The van der Waals surface area contributed by atoms with E-state index in [1.165, 1.54) is 17.5 Å². The van der Waals surface area contributed by atoms with E-state index in [1.807, 2.05) is 18.2 Å². The molecule has 1 fully saturated rings. The van der Waals surface area contributed by atoms with Crippen LogP contribution in [0.2, 0.25) is 0 Å². The third-order valence-corrected chi connectivity index (χ3v) is 3.56. The van der Waals surface area contributed by atoms with Gasteiger partial charge in [-0.05, 0) is 48.7 Å². The van der Waals surface area contributed by atoms with Gasteiger partial charge < -0.3 is 10.1 Å². The van der Waals surface area contributed by atoms with Crippen LogP contribution in [0.4, 0.5) is 0 Å². The Morgan fingerprint density at radius 3 is 2.26 bits per heavy atom. The number of nitrogens with one attached hydrogen (secondary N) is 1. The molecule has 0 aliphatic carbocycles. The number of hydrogen-bond acceptors (Lipinski definition) is 2. The van der Waals surface area contributed by atoms with Gasteiger partial charge in [0.2, 0.25) is 0 Å². The lowest BCUT2D eigenvalue weighted by atomic mass is 9.94. The molecule has 0 saturated carbocycles. The lowest BCUT2D eigenvalue weighted by Gasteiger charge is -2.27. The predicted octanol–water partition coefficient (Wildman–Crippen LogP) is 3.03. The van der Waals surface area contributed by atoms with E-state index in [1.54, 1.807) is 0 Å². The van der Waals surface area contributed by atoms with E-state index in [-0.39, 0.29) is 0 Å². The van der Waals surface area contributed by atoms with Crippen molar-refractivity contribution in [2.75, 3.05) is 13.1 Å². The van der Waals surface area contributed by atoms with E-state index >= 15 is 0 Å². The molecule has 1 saturated heterocycles. The fourth-order valence-electron chi connectivity index (χ4n) is 2.29. The Bertz CT molecular complexity index is 503. The maximum atomic E-state index is 5.78. The molecule has 0 amide bonds. The van der Waals surface area contributed by atoms with Gasteiger partial charge in [0.1, 0.15) is 12.4 Å². The molecule has 19 heavy (non-hydrogen) atoms. The van der Waals surface area contributed by atoms with E-state index < -0.39 is 0 Å². The highest BCUT2D eigenvalue weighted by atomic mass is 16.5. The number of rotatable bonds is 5. The lowest BCUT2D eigenvalue weighted by molar-refractivity contribution is 0.306. The molecule has 0 aromatic heterocycles. The monoisotopic (exact) mass is 253 g/mol. The van der Waals surface area contributed by atoms with Crippen molar-refractivity contribution >= 4 is 0 Å². The van der Waals surface area contributed by atoms with Crippen molar-refractivity contribution in [2.24, 2.45) is 5.92 Å². The molecule has 0 atom stereocenters. The summed E-state index contributed by atoms with van der Waals surface area (Å²) in [5.74, 6) is 1.76. The molecular formula is C17H19NO. The van der Waals surface area contributed by atoms with Crippen LogP contribution < -0.4 is 10.1 Å². The van der Waals surface area contributed by atoms with E-state index in [0.717, 1.165) is 24.8 Å². The molecule has 2 heteroatoms. The molecule has 0 radical (unpaired) electrons. The van der Waals surface area contributed by atoms with Crippen LogP contribution in [-0.2, 0) is 13.0 Å². The summed E-state index contributed by atoms with van der Waals surface area (Å²) in [6.45, 7) is 2.95.